The van der Waals surface area contributed by atoms with Crippen molar-refractivity contribution in [3.05, 3.63) is 0 Å². The van der Waals surface area contributed by atoms with Crippen LogP contribution in [0.25, 0.3) is 0 Å². The van der Waals surface area contributed by atoms with Crippen LogP contribution in [0.1, 0.15) is 27.2 Å². The molecular formula is C17H34N4O4S. The second-order valence-electron chi connectivity index (χ2n) is 7.59. The van der Waals surface area contributed by atoms with E-state index in [4.69, 9.17) is 4.74 Å². The quantitative estimate of drug-likeness (QED) is 0.606. The first-order chi connectivity index (χ1) is 12.2. The highest BCUT2D eigenvalue weighted by Crippen LogP contribution is 2.16. The van der Waals surface area contributed by atoms with Crippen molar-refractivity contribution in [2.24, 2.45) is 0 Å². The predicted octanol–water partition coefficient (Wildman–Crippen LogP) is -0.429. The molecule has 0 bridgehead atoms. The first kappa shape index (κ1) is 21.6. The summed E-state index contributed by atoms with van der Waals surface area (Å²) >= 11 is 0. The van der Waals surface area contributed by atoms with Crippen LogP contribution in [0, 0.1) is 0 Å². The highest BCUT2D eigenvalue weighted by Gasteiger charge is 2.30. The summed E-state index contributed by atoms with van der Waals surface area (Å²) in [6, 6.07) is 0. The summed E-state index contributed by atoms with van der Waals surface area (Å²) in [6.45, 7) is 13.7. The molecule has 8 nitrogen and oxygen atoms in total. The van der Waals surface area contributed by atoms with Crippen LogP contribution in [0.4, 0.5) is 0 Å². The van der Waals surface area contributed by atoms with Gasteiger partial charge in [-0.25, -0.2) is 8.42 Å². The fourth-order valence-corrected chi connectivity index (χ4v) is 4.77. The number of morpholine rings is 1. The number of sulfonamides is 1. The van der Waals surface area contributed by atoms with Gasteiger partial charge in [-0.1, -0.05) is 6.92 Å². The minimum absolute atomic E-state index is 0.000612. The summed E-state index contributed by atoms with van der Waals surface area (Å²) in [5, 5.41) is 2.92. The summed E-state index contributed by atoms with van der Waals surface area (Å²) < 4.78 is 31.1. The Morgan fingerprint density at radius 1 is 1.08 bits per heavy atom. The molecular weight excluding hydrogens is 356 g/mol. The minimum atomic E-state index is -3.39. The van der Waals surface area contributed by atoms with E-state index in [1.54, 1.807) is 0 Å². The van der Waals surface area contributed by atoms with Crippen molar-refractivity contribution in [1.82, 2.24) is 19.4 Å². The lowest BCUT2D eigenvalue weighted by Gasteiger charge is -2.44. The molecule has 0 atom stereocenters. The number of hydrogen-bond acceptors (Lipinski definition) is 6. The summed E-state index contributed by atoms with van der Waals surface area (Å²) in [5.41, 5.74) is -0.140. The molecule has 2 saturated heterocycles. The first-order valence-corrected chi connectivity index (χ1v) is 11.2. The number of nitrogens with one attached hydrogen (secondary N) is 1. The van der Waals surface area contributed by atoms with Crippen molar-refractivity contribution >= 4 is 15.9 Å². The maximum atomic E-state index is 12.3. The Kier molecular flexibility index (Phi) is 7.84. The Morgan fingerprint density at radius 3 is 2.27 bits per heavy atom. The number of carbonyl (C=O) groups is 1. The van der Waals surface area contributed by atoms with Gasteiger partial charge in [-0.15, -0.1) is 0 Å². The molecule has 2 aliphatic heterocycles. The van der Waals surface area contributed by atoms with Gasteiger partial charge in [0, 0.05) is 57.8 Å². The summed E-state index contributed by atoms with van der Waals surface area (Å²) in [7, 11) is -3.39. The van der Waals surface area contributed by atoms with E-state index >= 15 is 0 Å². The molecule has 152 valence electrons. The topological polar surface area (TPSA) is 82.2 Å². The van der Waals surface area contributed by atoms with Crippen LogP contribution in [-0.4, -0.2) is 105 Å². The van der Waals surface area contributed by atoms with E-state index < -0.39 is 10.0 Å². The number of amides is 1. The lowest BCUT2D eigenvalue weighted by atomic mass is 10.0. The number of likely N-dealkylation sites (N-methyl/N-ethyl adjacent to an activating group) is 1. The van der Waals surface area contributed by atoms with Crippen molar-refractivity contribution in [1.29, 1.82) is 0 Å². The maximum Gasteiger partial charge on any atom is 0.221 e. The summed E-state index contributed by atoms with van der Waals surface area (Å²) in [5.74, 6) is -0.351. The van der Waals surface area contributed by atoms with E-state index in [2.05, 4.69) is 35.9 Å². The molecule has 2 fully saturated rings. The third-order valence-electron chi connectivity index (χ3n) is 5.34. The minimum Gasteiger partial charge on any atom is -0.379 e. The van der Waals surface area contributed by atoms with Crippen molar-refractivity contribution in [2.45, 2.75) is 32.7 Å². The van der Waals surface area contributed by atoms with Gasteiger partial charge >= 0.3 is 0 Å². The molecule has 0 spiro atoms. The van der Waals surface area contributed by atoms with Crippen molar-refractivity contribution < 1.29 is 17.9 Å². The first-order valence-electron chi connectivity index (χ1n) is 9.54. The van der Waals surface area contributed by atoms with E-state index in [9.17, 15) is 13.2 Å². The van der Waals surface area contributed by atoms with E-state index in [1.165, 1.54) is 4.31 Å². The Labute approximate surface area is 157 Å². The third-order valence-corrected chi connectivity index (χ3v) is 7.22. The Balaban J connectivity index is 1.73. The molecule has 1 N–H and O–H groups in total. The van der Waals surface area contributed by atoms with E-state index in [0.717, 1.165) is 32.7 Å². The smallest absolute Gasteiger partial charge is 0.221 e. The molecule has 0 unspecified atom stereocenters. The predicted molar refractivity (Wildman–Crippen MR) is 102 cm³/mol. The number of hydrogen-bond donors (Lipinski definition) is 1. The normalized spacial score (nSPS) is 21.7. The van der Waals surface area contributed by atoms with Gasteiger partial charge < -0.3 is 15.0 Å². The number of piperazine rings is 1. The Bertz CT molecular complexity index is 553. The third kappa shape index (κ3) is 6.16. The molecule has 1 amide bonds. The molecule has 0 aromatic rings. The molecule has 26 heavy (non-hydrogen) atoms. The van der Waals surface area contributed by atoms with Gasteiger partial charge in [0.05, 0.1) is 19.0 Å². The summed E-state index contributed by atoms with van der Waals surface area (Å²) in [4.78, 5) is 17.0. The van der Waals surface area contributed by atoms with Crippen LogP contribution in [0.2, 0.25) is 0 Å². The molecule has 0 aliphatic carbocycles. The molecule has 0 aromatic heterocycles. The highest BCUT2D eigenvalue weighted by molar-refractivity contribution is 7.89. The van der Waals surface area contributed by atoms with Crippen LogP contribution < -0.4 is 5.32 Å². The molecule has 9 heteroatoms. The lowest BCUT2D eigenvalue weighted by molar-refractivity contribution is -0.121. The molecule has 2 aliphatic rings. The highest BCUT2D eigenvalue weighted by atomic mass is 32.2. The molecule has 2 rings (SSSR count). The average Bonchev–Trinajstić information content (AvgIpc) is 2.65. The Hall–Kier alpha value is -0.740. The SMILES string of the molecule is CCN1CCN(C(C)(C)CNC(=O)CCS(=O)(=O)N2CCOCC2)CC1. The van der Waals surface area contributed by atoms with Crippen molar-refractivity contribution in [3.8, 4) is 0 Å². The number of ether oxygens (including phenoxy) is 1. The molecule has 0 saturated carbocycles. The van der Waals surface area contributed by atoms with E-state index in [1.807, 2.05) is 0 Å². The monoisotopic (exact) mass is 390 g/mol. The van der Waals surface area contributed by atoms with Gasteiger partial charge in [-0.2, -0.15) is 4.31 Å². The van der Waals surface area contributed by atoms with Gasteiger partial charge in [0.2, 0.25) is 15.9 Å². The fourth-order valence-electron chi connectivity index (χ4n) is 3.36. The van der Waals surface area contributed by atoms with Gasteiger partial charge in [-0.3, -0.25) is 9.69 Å². The van der Waals surface area contributed by atoms with Crippen LogP contribution in [0.15, 0.2) is 0 Å². The second kappa shape index (κ2) is 9.45. The number of carbonyl (C=O) groups excluding carboxylic acids is 1. The van der Waals surface area contributed by atoms with E-state index in [-0.39, 0.29) is 23.6 Å². The zero-order valence-electron chi connectivity index (χ0n) is 16.4. The zero-order chi connectivity index (χ0) is 19.2. The van der Waals surface area contributed by atoms with Crippen LogP contribution >= 0.6 is 0 Å². The van der Waals surface area contributed by atoms with E-state index in [0.29, 0.717) is 32.8 Å². The lowest BCUT2D eigenvalue weighted by Crippen LogP contribution is -2.58. The van der Waals surface area contributed by atoms with Gasteiger partial charge in [0.25, 0.3) is 0 Å². The maximum absolute atomic E-state index is 12.3. The standard InChI is InChI=1S/C17H34N4O4S/c1-4-19-6-8-20(9-7-19)17(2,3)15-18-16(22)5-14-26(23,24)21-10-12-25-13-11-21/h4-15H2,1-3H3,(H,18,22). The van der Waals surface area contributed by atoms with Crippen LogP contribution in [-0.2, 0) is 19.6 Å². The fraction of sp³-hybridized carbons (Fsp3) is 0.941. The van der Waals surface area contributed by atoms with Crippen molar-refractivity contribution in [2.75, 3.05) is 71.3 Å². The molecule has 0 aromatic carbocycles. The van der Waals surface area contributed by atoms with Gasteiger partial charge in [-0.05, 0) is 20.4 Å². The van der Waals surface area contributed by atoms with Gasteiger partial charge in [0.1, 0.15) is 0 Å². The zero-order valence-corrected chi connectivity index (χ0v) is 17.2. The largest absolute Gasteiger partial charge is 0.379 e. The molecule has 0 radical (unpaired) electrons. The Morgan fingerprint density at radius 2 is 1.69 bits per heavy atom. The summed E-state index contributed by atoms with van der Waals surface area (Å²) in [6.07, 6.45) is -0.000612. The second-order valence-corrected chi connectivity index (χ2v) is 9.68. The van der Waals surface area contributed by atoms with Gasteiger partial charge in [0.15, 0.2) is 0 Å². The van der Waals surface area contributed by atoms with Crippen LogP contribution in [0.5, 0.6) is 0 Å². The number of rotatable bonds is 8. The average molecular weight is 391 g/mol. The van der Waals surface area contributed by atoms with Crippen molar-refractivity contribution in [3.63, 3.8) is 0 Å². The number of nitrogens with zero attached hydrogens (tertiary/aromatic N) is 3. The molecule has 2 heterocycles. The van der Waals surface area contributed by atoms with Crippen LogP contribution in [0.3, 0.4) is 0 Å².